The number of rotatable bonds is 29. The first-order valence-corrected chi connectivity index (χ1v) is 30.2. The fourth-order valence-electron chi connectivity index (χ4n) is 11.9. The van der Waals surface area contributed by atoms with Gasteiger partial charge in [-0.3, -0.25) is 29.0 Å². The maximum atomic E-state index is 15.9. The van der Waals surface area contributed by atoms with Crippen LogP contribution in [0.25, 0.3) is 11.1 Å². The number of esters is 2. The van der Waals surface area contributed by atoms with Gasteiger partial charge < -0.3 is 54.6 Å². The van der Waals surface area contributed by atoms with Gasteiger partial charge in [-0.1, -0.05) is 90.1 Å². The second-order valence-corrected chi connectivity index (χ2v) is 27.7. The molecule has 4 aromatic rings. The van der Waals surface area contributed by atoms with Gasteiger partial charge in [0.25, 0.3) is 0 Å². The molecule has 0 aliphatic heterocycles. The molecule has 0 saturated carbocycles. The molecule has 0 spiro atoms. The van der Waals surface area contributed by atoms with Crippen LogP contribution in [0.5, 0.6) is 0 Å². The first-order valence-electron chi connectivity index (χ1n) is 30.2. The Balaban J connectivity index is 1.48. The molecule has 23 nitrogen and oxygen atoms in total. The van der Waals surface area contributed by atoms with Crippen LogP contribution in [0, 0.1) is 10.8 Å². The number of nitrogens with zero attached hydrogens (tertiary/aromatic N) is 6. The predicted octanol–water partition coefficient (Wildman–Crippen LogP) is 9.54. The summed E-state index contributed by atoms with van der Waals surface area (Å²) in [6, 6.07) is 11.1. The van der Waals surface area contributed by atoms with Crippen molar-refractivity contribution in [3.63, 3.8) is 0 Å². The normalized spacial score (nSPS) is 14.0. The minimum Gasteiger partial charge on any atom is -0.481 e. The first-order chi connectivity index (χ1) is 40.8. The number of hydrogen-bond acceptors (Lipinski definition) is 14. The van der Waals surface area contributed by atoms with Crippen LogP contribution < -0.4 is 16.0 Å². The number of unbranched alkanes of at least 4 members (excludes halogenated alkanes) is 2. The van der Waals surface area contributed by atoms with Crippen LogP contribution in [-0.2, 0) is 69.2 Å². The smallest absolute Gasteiger partial charge is 0.411 e. The van der Waals surface area contributed by atoms with E-state index >= 15 is 9.59 Å². The molecule has 4 amide bonds. The minimum absolute atomic E-state index is 0.0421. The van der Waals surface area contributed by atoms with Gasteiger partial charge >= 0.3 is 42.0 Å². The van der Waals surface area contributed by atoms with Crippen molar-refractivity contribution < 1.29 is 67.9 Å². The molecule has 2 heterocycles. The largest absolute Gasteiger partial charge is 0.481 e. The van der Waals surface area contributed by atoms with Gasteiger partial charge in [0.15, 0.2) is 0 Å². The lowest BCUT2D eigenvalue weighted by Gasteiger charge is -2.57. The fourth-order valence-corrected chi connectivity index (χ4v) is 11.9. The quantitative estimate of drug-likeness (QED) is 0.0167. The monoisotopic (exact) mass is 1230 g/mol. The number of nitrogens with one attached hydrogen (secondary N) is 3. The summed E-state index contributed by atoms with van der Waals surface area (Å²) in [5.41, 5.74) is -1.00. The van der Waals surface area contributed by atoms with Crippen molar-refractivity contribution in [2.75, 3.05) is 13.1 Å². The molecule has 2 aromatic heterocycles. The third-order valence-corrected chi connectivity index (χ3v) is 15.3. The molecule has 0 saturated heterocycles. The topological polar surface area (TPSA) is 303 Å². The molecule has 3 atom stereocenters. The van der Waals surface area contributed by atoms with Crippen molar-refractivity contribution in [1.29, 1.82) is 0 Å². The predicted molar refractivity (Wildman–Crippen MR) is 330 cm³/mol. The highest BCUT2D eigenvalue weighted by atomic mass is 16.6. The maximum absolute atomic E-state index is 15.9. The number of aromatic nitrogens is 4. The number of carboxylic acid groups (broad SMARTS) is 3. The molecule has 88 heavy (non-hydrogen) atoms. The summed E-state index contributed by atoms with van der Waals surface area (Å²) < 4.78 is 22.0. The Labute approximate surface area is 517 Å². The van der Waals surface area contributed by atoms with E-state index in [1.54, 1.807) is 75.5 Å². The molecule has 0 fully saturated rings. The number of fused-ring (bicyclic) bond motifs is 3. The Morgan fingerprint density at radius 1 is 0.591 bits per heavy atom. The van der Waals surface area contributed by atoms with Crippen LogP contribution in [0.4, 0.5) is 9.59 Å². The molecule has 0 bridgehead atoms. The van der Waals surface area contributed by atoms with Crippen molar-refractivity contribution in [2.45, 2.75) is 228 Å². The standard InChI is InChI=1S/C65H95N9O14/c1-60(2,3)65(61(4,5)6,54-44-26-18-16-24-42(44)43-25-17-19-27-45(43)54)88-59(85)74(62(7,8)9)48(55(79)68-32-22-20-28-46(56(80)81)69-58(84)70-47(57(82)83)30-31-51(75)76)29-21-23-35-71(38-49-66-33-36-72(49)40-52(77)86-63(10,11)12)39-50-67-34-37-73(50)41-53(78)87-64(13,14)15/h16-19,24-27,33-34,36-37,46-48,54H,20-23,28-32,35,38-41H2,1-15H3,(H,68,79)(H,75,76)(H,80,81)(H,82,83)(H2,69,70,84)/t46-,47-,48-/m0/s1. The lowest BCUT2D eigenvalue weighted by Crippen LogP contribution is -2.64. The van der Waals surface area contributed by atoms with Crippen LogP contribution in [0.2, 0.25) is 0 Å². The number of carbonyl (C=O) groups excluding carboxylic acids is 5. The summed E-state index contributed by atoms with van der Waals surface area (Å²) in [5.74, 6) is -4.80. The summed E-state index contributed by atoms with van der Waals surface area (Å²) in [6.07, 6.45) is 6.30. The van der Waals surface area contributed by atoms with Gasteiger partial charge in [0, 0.05) is 54.1 Å². The van der Waals surface area contributed by atoms with E-state index in [0.29, 0.717) is 31.0 Å². The van der Waals surface area contributed by atoms with Gasteiger partial charge in [-0.15, -0.1) is 0 Å². The minimum atomic E-state index is -1.58. The second-order valence-electron chi connectivity index (χ2n) is 27.7. The number of benzene rings is 2. The van der Waals surface area contributed by atoms with Gasteiger partial charge in [0.2, 0.25) is 5.91 Å². The van der Waals surface area contributed by atoms with Crippen LogP contribution in [-0.4, -0.2) is 146 Å². The number of urea groups is 1. The average Bonchev–Trinajstić information content (AvgIpc) is 1.48. The Morgan fingerprint density at radius 3 is 1.48 bits per heavy atom. The number of carbonyl (C=O) groups is 8. The van der Waals surface area contributed by atoms with Crippen molar-refractivity contribution in [2.24, 2.45) is 10.8 Å². The van der Waals surface area contributed by atoms with Gasteiger partial charge in [-0.05, 0) is 136 Å². The summed E-state index contributed by atoms with van der Waals surface area (Å²) in [4.78, 5) is 118. The highest BCUT2D eigenvalue weighted by Crippen LogP contribution is 2.62. The van der Waals surface area contributed by atoms with Gasteiger partial charge in [0.05, 0.1) is 19.0 Å². The highest BCUT2D eigenvalue weighted by Gasteiger charge is 2.62. The zero-order chi connectivity index (χ0) is 65.7. The summed E-state index contributed by atoms with van der Waals surface area (Å²) in [7, 11) is 0. The van der Waals surface area contributed by atoms with Crippen molar-refractivity contribution >= 4 is 47.9 Å². The SMILES string of the molecule is CC(C)(C)OC(=O)Cn1ccnc1CN(CCCC[C@@H](C(=O)NCCCC[C@H](NC(=O)N[C@@H](CCC(=O)O)C(=O)O)C(=O)O)N(C(=O)OC(C1c2ccccc2-c2ccccc21)(C(C)(C)C)C(C)(C)C)C(C)(C)C)Cc1nccn1CC(=O)OC(C)(C)C. The molecular weight excluding hydrogens is 1130 g/mol. The van der Waals surface area contributed by atoms with Gasteiger partial charge in [0.1, 0.15) is 59.7 Å². The third-order valence-electron chi connectivity index (χ3n) is 15.3. The first kappa shape index (κ1) is 70.9. The van der Waals surface area contributed by atoms with E-state index in [4.69, 9.17) is 19.3 Å². The zero-order valence-electron chi connectivity index (χ0n) is 54.2. The molecule has 1 aliphatic rings. The summed E-state index contributed by atoms with van der Waals surface area (Å²) in [5, 5.41) is 36.0. The molecule has 0 unspecified atom stereocenters. The summed E-state index contributed by atoms with van der Waals surface area (Å²) >= 11 is 0. The van der Waals surface area contributed by atoms with E-state index in [2.05, 4.69) is 96.6 Å². The number of aliphatic carboxylic acids is 3. The third kappa shape index (κ3) is 19.3. The Morgan fingerprint density at radius 2 is 1.05 bits per heavy atom. The molecule has 23 heteroatoms. The maximum Gasteiger partial charge on any atom is 0.411 e. The molecule has 0 radical (unpaired) electrons. The second kappa shape index (κ2) is 29.5. The lowest BCUT2D eigenvalue weighted by atomic mass is 9.55. The van der Waals surface area contributed by atoms with E-state index in [0.717, 1.165) is 22.3 Å². The molecule has 6 N–H and O–H groups in total. The van der Waals surface area contributed by atoms with E-state index in [9.17, 15) is 39.0 Å². The molecule has 1 aliphatic carbocycles. The van der Waals surface area contributed by atoms with Crippen LogP contribution in [0.15, 0.2) is 73.3 Å². The van der Waals surface area contributed by atoms with Crippen LogP contribution >= 0.6 is 0 Å². The van der Waals surface area contributed by atoms with E-state index < -0.39 is 118 Å². The number of imidazole rings is 2. The van der Waals surface area contributed by atoms with Crippen molar-refractivity contribution in [3.8, 4) is 11.1 Å². The van der Waals surface area contributed by atoms with Gasteiger partial charge in [-0.25, -0.2) is 29.1 Å². The zero-order valence-corrected chi connectivity index (χ0v) is 54.2. The summed E-state index contributed by atoms with van der Waals surface area (Å²) in [6.45, 7) is 29.5. The average molecular weight is 1230 g/mol. The number of hydrogen-bond donors (Lipinski definition) is 6. The van der Waals surface area contributed by atoms with E-state index in [1.807, 2.05) is 45.0 Å². The van der Waals surface area contributed by atoms with E-state index in [1.165, 1.54) is 4.90 Å². The van der Waals surface area contributed by atoms with Crippen molar-refractivity contribution in [1.82, 2.24) is 44.9 Å². The van der Waals surface area contributed by atoms with Gasteiger partial charge in [-0.2, -0.15) is 0 Å². The molecule has 484 valence electrons. The number of amides is 4. The van der Waals surface area contributed by atoms with Crippen molar-refractivity contribution in [3.05, 3.63) is 96.1 Å². The number of carboxylic acids is 3. The number of ether oxygens (including phenoxy) is 3. The van der Waals surface area contributed by atoms with E-state index in [-0.39, 0.29) is 58.4 Å². The highest BCUT2D eigenvalue weighted by molar-refractivity contribution is 5.88. The molecular formula is C65H95N9O14. The Kier molecular flexibility index (Phi) is 23.7. The molecule has 5 rings (SSSR count). The van der Waals surface area contributed by atoms with Crippen LogP contribution in [0.3, 0.4) is 0 Å². The Hall–Kier alpha value is -7.82. The fraction of sp³-hybridized carbons (Fsp3) is 0.600. The van der Waals surface area contributed by atoms with Crippen LogP contribution in [0.1, 0.15) is 184 Å². The molecule has 2 aromatic carbocycles. The lowest BCUT2D eigenvalue weighted by molar-refractivity contribution is -0.164. The Bertz CT molecular complexity index is 2950.